The van der Waals surface area contributed by atoms with Crippen LogP contribution in [0.1, 0.15) is 67.9 Å². The molecule has 0 saturated heterocycles. The molecule has 1 aromatic heterocycles. The van der Waals surface area contributed by atoms with Gasteiger partial charge in [-0.2, -0.15) is 0 Å². The number of halogens is 1. The number of rotatable bonds is 4. The molecule has 1 N–H and O–H groups in total. The summed E-state index contributed by atoms with van der Waals surface area (Å²) in [5.41, 5.74) is 5.48. The van der Waals surface area contributed by atoms with Gasteiger partial charge in [0.25, 0.3) is 0 Å². The number of hydrogen-bond donors (Lipinski definition) is 1. The summed E-state index contributed by atoms with van der Waals surface area (Å²) in [6, 6.07) is 7.46. The van der Waals surface area contributed by atoms with Crippen molar-refractivity contribution in [3.63, 3.8) is 0 Å². The number of carbonyl (C=O) groups excluding carboxylic acids is 2. The molecule has 0 unspecified atom stereocenters. The predicted molar refractivity (Wildman–Crippen MR) is 143 cm³/mol. The molecule has 0 saturated carbocycles. The van der Waals surface area contributed by atoms with Crippen molar-refractivity contribution >= 4 is 47.0 Å². The molecule has 0 aliphatic heterocycles. The number of hydrogen-bond acceptors (Lipinski definition) is 5. The molecular weight excluding hydrogens is 512 g/mol. The van der Waals surface area contributed by atoms with Crippen molar-refractivity contribution in [1.29, 1.82) is 0 Å². The van der Waals surface area contributed by atoms with Crippen LogP contribution in [0.5, 0.6) is 5.88 Å². The van der Waals surface area contributed by atoms with E-state index in [4.69, 9.17) is 9.47 Å². The van der Waals surface area contributed by atoms with Crippen LogP contribution < -0.4 is 10.1 Å². The smallest absolute Gasteiger partial charge is 0.423 e. The van der Waals surface area contributed by atoms with Gasteiger partial charge < -0.3 is 9.47 Å². The maximum absolute atomic E-state index is 12.1. The van der Waals surface area contributed by atoms with Gasteiger partial charge in [-0.3, -0.25) is 0 Å². The summed E-state index contributed by atoms with van der Waals surface area (Å²) in [6.07, 6.45) is -1.85. The predicted octanol–water partition coefficient (Wildman–Crippen LogP) is 7.59. The molecule has 2 aromatic rings. The Hall–Kier alpha value is -2.37. The van der Waals surface area contributed by atoms with Crippen LogP contribution in [0, 0.1) is 11.5 Å². The molecule has 0 atom stereocenters. The molecule has 8 heteroatoms. The highest BCUT2D eigenvalue weighted by Crippen LogP contribution is 2.41. The Morgan fingerprint density at radius 1 is 1.03 bits per heavy atom. The van der Waals surface area contributed by atoms with Crippen LogP contribution in [0.3, 0.4) is 0 Å². The molecule has 6 nitrogen and oxygen atoms in total. The Kier molecular flexibility index (Phi) is 8.95. The fourth-order valence-electron chi connectivity index (χ4n) is 4.51. The van der Waals surface area contributed by atoms with Crippen LogP contribution in [0.25, 0.3) is 10.8 Å². The first-order valence-corrected chi connectivity index (χ1v) is 14.5. The van der Waals surface area contributed by atoms with Crippen LogP contribution in [0.2, 0.25) is 16.6 Å². The van der Waals surface area contributed by atoms with Crippen LogP contribution in [0.4, 0.5) is 9.59 Å². The fourth-order valence-corrected chi connectivity index (χ4v) is 10.3. The summed E-state index contributed by atoms with van der Waals surface area (Å²) < 4.78 is 10.8. The summed E-state index contributed by atoms with van der Waals surface area (Å²) >= 11 is 3.52. The Bertz CT molecular complexity index is 1110. The van der Waals surface area contributed by atoms with E-state index in [1.165, 1.54) is 0 Å². The van der Waals surface area contributed by atoms with E-state index >= 15 is 0 Å². The zero-order valence-corrected chi connectivity index (χ0v) is 24.1. The number of carbonyl (C=O) groups is 2. The van der Waals surface area contributed by atoms with Crippen molar-refractivity contribution in [2.45, 2.75) is 84.5 Å². The molecule has 1 heterocycles. The zero-order valence-electron chi connectivity index (χ0n) is 21.5. The van der Waals surface area contributed by atoms with Crippen molar-refractivity contribution in [2.24, 2.45) is 0 Å². The third kappa shape index (κ3) is 6.61. The lowest BCUT2D eigenvalue weighted by molar-refractivity contribution is 0.0533. The minimum absolute atomic E-state index is 0.0563. The number of benzene rings is 1. The second kappa shape index (κ2) is 10.9. The molecule has 0 fully saturated rings. The second-order valence-corrected chi connectivity index (χ2v) is 16.6. The summed E-state index contributed by atoms with van der Waals surface area (Å²) in [6.45, 7) is 18.8. The standard InChI is InChI=1S/C26H35BrN2O4Si/c1-16(2)34(17(3)4,18(5)6)14-13-19-11-10-12-20-15-21(28-23(27)22(19)20)32-24(30)29-25(31)33-26(7,8)9/h10-12,15-18H,1-9H3,(H,29,30,31). The maximum Gasteiger partial charge on any atom is 0.423 e. The minimum Gasteiger partial charge on any atom is -0.443 e. The molecule has 0 aliphatic carbocycles. The maximum atomic E-state index is 12.1. The Labute approximate surface area is 212 Å². The Morgan fingerprint density at radius 2 is 1.62 bits per heavy atom. The van der Waals surface area contributed by atoms with Gasteiger partial charge in [-0.05, 0) is 64.8 Å². The van der Waals surface area contributed by atoms with E-state index in [0.29, 0.717) is 21.2 Å². The average molecular weight is 548 g/mol. The highest BCUT2D eigenvalue weighted by atomic mass is 79.9. The average Bonchev–Trinajstić information content (AvgIpc) is 2.65. The molecule has 0 radical (unpaired) electrons. The van der Waals surface area contributed by atoms with Gasteiger partial charge >= 0.3 is 12.2 Å². The topological polar surface area (TPSA) is 77.5 Å². The number of pyridine rings is 1. The number of nitrogens with zero attached hydrogens (tertiary/aromatic N) is 1. The first-order chi connectivity index (χ1) is 15.7. The number of ether oxygens (including phenoxy) is 2. The highest BCUT2D eigenvalue weighted by Gasteiger charge is 2.41. The van der Waals surface area contributed by atoms with Crippen molar-refractivity contribution in [3.05, 3.63) is 34.4 Å². The van der Waals surface area contributed by atoms with Gasteiger partial charge in [0.15, 0.2) is 0 Å². The monoisotopic (exact) mass is 546 g/mol. The van der Waals surface area contributed by atoms with E-state index in [1.807, 2.05) is 23.5 Å². The van der Waals surface area contributed by atoms with Gasteiger partial charge in [-0.15, -0.1) is 5.54 Å². The van der Waals surface area contributed by atoms with Crippen LogP contribution >= 0.6 is 15.9 Å². The number of aromatic nitrogens is 1. The van der Waals surface area contributed by atoms with Gasteiger partial charge in [-0.1, -0.05) is 59.6 Å². The molecule has 0 spiro atoms. The lowest BCUT2D eigenvalue weighted by Gasteiger charge is -2.38. The lowest BCUT2D eigenvalue weighted by atomic mass is 10.1. The molecule has 2 rings (SSSR count). The summed E-state index contributed by atoms with van der Waals surface area (Å²) in [7, 11) is -1.90. The minimum atomic E-state index is -1.90. The summed E-state index contributed by atoms with van der Waals surface area (Å²) in [4.78, 5) is 28.3. The number of amides is 2. The van der Waals surface area contributed by atoms with E-state index in [0.717, 1.165) is 16.3 Å². The van der Waals surface area contributed by atoms with Gasteiger partial charge in [0.1, 0.15) is 18.3 Å². The van der Waals surface area contributed by atoms with Crippen molar-refractivity contribution in [3.8, 4) is 17.3 Å². The van der Waals surface area contributed by atoms with Gasteiger partial charge in [0, 0.05) is 17.0 Å². The van der Waals surface area contributed by atoms with E-state index in [-0.39, 0.29) is 5.88 Å². The molecular formula is C26H35BrN2O4Si. The first kappa shape index (κ1) is 27.9. The molecule has 1 aromatic carbocycles. The third-order valence-corrected chi connectivity index (χ3v) is 12.7. The number of fused-ring (bicyclic) bond motifs is 1. The SMILES string of the molecule is CC(C)[Si](C#Cc1cccc2cc(OC(=O)NC(=O)OC(C)(C)C)nc(Br)c12)(C(C)C)C(C)C. The van der Waals surface area contributed by atoms with E-state index in [1.54, 1.807) is 26.8 Å². The highest BCUT2D eigenvalue weighted by molar-refractivity contribution is 9.10. The van der Waals surface area contributed by atoms with Crippen LogP contribution in [-0.2, 0) is 4.74 Å². The van der Waals surface area contributed by atoms with E-state index < -0.39 is 25.9 Å². The first-order valence-electron chi connectivity index (χ1n) is 11.5. The van der Waals surface area contributed by atoms with Crippen molar-refractivity contribution < 1.29 is 19.1 Å². The molecule has 0 aliphatic rings. The van der Waals surface area contributed by atoms with E-state index in [2.05, 4.69) is 73.9 Å². The van der Waals surface area contributed by atoms with E-state index in [9.17, 15) is 9.59 Å². The van der Waals surface area contributed by atoms with Crippen LogP contribution in [0.15, 0.2) is 28.9 Å². The van der Waals surface area contributed by atoms with Crippen LogP contribution in [-0.4, -0.2) is 30.8 Å². The quantitative estimate of drug-likeness (QED) is 0.242. The number of alkyl carbamates (subject to hydrolysis) is 1. The summed E-state index contributed by atoms with van der Waals surface area (Å²) in [5, 5.41) is 3.71. The zero-order chi connectivity index (χ0) is 25.8. The van der Waals surface area contributed by atoms with Gasteiger partial charge in [0.05, 0.1) is 0 Å². The largest absolute Gasteiger partial charge is 0.443 e. The Balaban J connectivity index is 2.40. The molecule has 34 heavy (non-hydrogen) atoms. The van der Waals surface area contributed by atoms with Gasteiger partial charge in [-0.25, -0.2) is 19.9 Å². The number of nitrogens with one attached hydrogen (secondary N) is 1. The normalized spacial score (nSPS) is 12.0. The molecule has 2 amide bonds. The summed E-state index contributed by atoms with van der Waals surface area (Å²) in [5.74, 6) is 3.54. The van der Waals surface area contributed by atoms with Crippen molar-refractivity contribution in [2.75, 3.05) is 0 Å². The number of imide groups is 1. The fraction of sp³-hybridized carbons (Fsp3) is 0.500. The second-order valence-electron chi connectivity index (χ2n) is 10.3. The van der Waals surface area contributed by atoms with Crippen molar-refractivity contribution in [1.82, 2.24) is 10.3 Å². The third-order valence-electron chi connectivity index (χ3n) is 5.87. The Morgan fingerprint density at radius 3 is 2.15 bits per heavy atom. The molecule has 184 valence electrons. The lowest BCUT2D eigenvalue weighted by Crippen LogP contribution is -2.43. The van der Waals surface area contributed by atoms with Gasteiger partial charge in [0.2, 0.25) is 5.88 Å². The molecule has 0 bridgehead atoms.